The standard InChI is InChI=1S/C26H25Cl3N2O5/c1-13-23-14(8-9-22(34)35)4-3-7-19(23)31(26(13)15-5-2-6-15)21(33)12-20(32)25(30-36)24-17(28)10-16(27)11-18(24)29/h3-4,7-11,15,20,25,30,32,36H,2,5-6,12H2,1H3,(H,34,35)/b9-8+/t20-,25-/m1/s1. The highest BCUT2D eigenvalue weighted by molar-refractivity contribution is 6.39. The Morgan fingerprint density at radius 1 is 1.19 bits per heavy atom. The lowest BCUT2D eigenvalue weighted by atomic mass is 9.81. The van der Waals surface area contributed by atoms with E-state index in [2.05, 4.69) is 0 Å². The van der Waals surface area contributed by atoms with Gasteiger partial charge in [-0.3, -0.25) is 9.36 Å². The van der Waals surface area contributed by atoms with E-state index in [1.165, 1.54) is 18.2 Å². The molecule has 1 aromatic heterocycles. The van der Waals surface area contributed by atoms with E-state index in [1.54, 1.807) is 16.7 Å². The predicted octanol–water partition coefficient (Wildman–Crippen LogP) is 6.39. The lowest BCUT2D eigenvalue weighted by Crippen LogP contribution is -2.34. The summed E-state index contributed by atoms with van der Waals surface area (Å²) < 4.78 is 1.62. The van der Waals surface area contributed by atoms with Crippen molar-refractivity contribution < 1.29 is 25.0 Å². The summed E-state index contributed by atoms with van der Waals surface area (Å²) in [6, 6.07) is 7.11. The normalized spacial score (nSPS) is 15.8. The van der Waals surface area contributed by atoms with Gasteiger partial charge in [0.2, 0.25) is 5.91 Å². The Kier molecular flexibility index (Phi) is 8.09. The van der Waals surface area contributed by atoms with E-state index >= 15 is 0 Å². The van der Waals surface area contributed by atoms with Crippen LogP contribution in [0.15, 0.2) is 36.4 Å². The number of aliphatic hydroxyl groups excluding tert-OH is 1. The molecule has 0 radical (unpaired) electrons. The predicted molar refractivity (Wildman–Crippen MR) is 140 cm³/mol. The molecule has 0 amide bonds. The van der Waals surface area contributed by atoms with Crippen molar-refractivity contribution in [3.8, 4) is 0 Å². The third-order valence-corrected chi connectivity index (χ3v) is 7.57. The maximum atomic E-state index is 13.7. The Balaban J connectivity index is 1.76. The van der Waals surface area contributed by atoms with Crippen molar-refractivity contribution in [2.24, 2.45) is 0 Å². The van der Waals surface area contributed by atoms with Crippen LogP contribution in [-0.2, 0) is 4.79 Å². The fraction of sp³-hybridized carbons (Fsp3) is 0.308. The highest BCUT2D eigenvalue weighted by atomic mass is 35.5. The molecule has 4 rings (SSSR count). The largest absolute Gasteiger partial charge is 0.478 e. The molecule has 1 fully saturated rings. The molecule has 1 saturated carbocycles. The van der Waals surface area contributed by atoms with E-state index in [-0.39, 0.29) is 33.9 Å². The molecule has 0 saturated heterocycles. The second-order valence-corrected chi connectivity index (χ2v) is 10.2. The van der Waals surface area contributed by atoms with Crippen molar-refractivity contribution in [1.82, 2.24) is 10.0 Å². The summed E-state index contributed by atoms with van der Waals surface area (Å²) in [6.07, 6.45) is 3.79. The summed E-state index contributed by atoms with van der Waals surface area (Å²) in [5.41, 5.74) is 5.34. The van der Waals surface area contributed by atoms with Crippen LogP contribution in [0.1, 0.15) is 64.8 Å². The Morgan fingerprint density at radius 3 is 2.42 bits per heavy atom. The second kappa shape index (κ2) is 10.9. The number of rotatable bonds is 8. The van der Waals surface area contributed by atoms with Gasteiger partial charge in [-0.05, 0) is 61.1 Å². The van der Waals surface area contributed by atoms with E-state index in [0.29, 0.717) is 16.1 Å². The van der Waals surface area contributed by atoms with Gasteiger partial charge >= 0.3 is 5.97 Å². The summed E-state index contributed by atoms with van der Waals surface area (Å²) in [5.74, 6) is -1.25. The minimum Gasteiger partial charge on any atom is -0.478 e. The van der Waals surface area contributed by atoms with Crippen LogP contribution < -0.4 is 5.48 Å². The van der Waals surface area contributed by atoms with E-state index in [0.717, 1.165) is 42.0 Å². The van der Waals surface area contributed by atoms with Crippen LogP contribution in [0.3, 0.4) is 0 Å². The number of aromatic nitrogens is 1. The number of carbonyl (C=O) groups excluding carboxylic acids is 1. The molecule has 10 heteroatoms. The topological polar surface area (TPSA) is 112 Å². The van der Waals surface area contributed by atoms with Gasteiger partial charge in [-0.25, -0.2) is 4.79 Å². The third kappa shape index (κ3) is 5.05. The number of hydrogen-bond acceptors (Lipinski definition) is 5. The maximum Gasteiger partial charge on any atom is 0.328 e. The van der Waals surface area contributed by atoms with Gasteiger partial charge in [-0.15, -0.1) is 0 Å². The van der Waals surface area contributed by atoms with Crippen molar-refractivity contribution in [3.05, 3.63) is 73.9 Å². The van der Waals surface area contributed by atoms with Crippen LogP contribution >= 0.6 is 34.8 Å². The van der Waals surface area contributed by atoms with Gasteiger partial charge in [0.15, 0.2) is 0 Å². The first-order chi connectivity index (χ1) is 17.1. The summed E-state index contributed by atoms with van der Waals surface area (Å²) in [4.78, 5) is 24.8. The molecule has 1 aliphatic rings. The number of carbonyl (C=O) groups is 2. The molecule has 1 heterocycles. The molecule has 190 valence electrons. The molecule has 2 atom stereocenters. The first kappa shape index (κ1) is 26.7. The van der Waals surface area contributed by atoms with Crippen molar-refractivity contribution in [2.45, 2.75) is 50.7 Å². The number of carboxylic acids is 1. The zero-order valence-electron chi connectivity index (χ0n) is 19.3. The lowest BCUT2D eigenvalue weighted by Gasteiger charge is -2.28. The van der Waals surface area contributed by atoms with E-state index in [4.69, 9.17) is 39.9 Å². The van der Waals surface area contributed by atoms with Crippen LogP contribution in [0.4, 0.5) is 0 Å². The van der Waals surface area contributed by atoms with Crippen LogP contribution in [0.2, 0.25) is 15.1 Å². The fourth-order valence-corrected chi connectivity index (χ4v) is 5.95. The van der Waals surface area contributed by atoms with Crippen molar-refractivity contribution >= 4 is 63.7 Å². The average molecular weight is 552 g/mol. The summed E-state index contributed by atoms with van der Waals surface area (Å²) in [6.45, 7) is 1.93. The zero-order valence-corrected chi connectivity index (χ0v) is 21.6. The SMILES string of the molecule is Cc1c(C2CCC2)n(C(=O)C[C@@H](O)[C@@H](NO)c2c(Cl)cc(Cl)cc2Cl)c2cccc(/C=C/C(=O)O)c12. The molecule has 2 aromatic carbocycles. The van der Waals surface area contributed by atoms with Crippen molar-refractivity contribution in [3.63, 3.8) is 0 Å². The molecular weight excluding hydrogens is 527 g/mol. The number of halogens is 3. The molecule has 7 nitrogen and oxygen atoms in total. The highest BCUT2D eigenvalue weighted by Crippen LogP contribution is 2.43. The lowest BCUT2D eigenvalue weighted by molar-refractivity contribution is -0.131. The van der Waals surface area contributed by atoms with Gasteiger partial charge in [0.1, 0.15) is 0 Å². The molecule has 0 aliphatic heterocycles. The summed E-state index contributed by atoms with van der Waals surface area (Å²) >= 11 is 18.5. The molecule has 36 heavy (non-hydrogen) atoms. The quantitative estimate of drug-likeness (QED) is 0.191. The molecule has 0 bridgehead atoms. The monoisotopic (exact) mass is 550 g/mol. The number of benzene rings is 2. The second-order valence-electron chi connectivity index (χ2n) is 8.94. The number of aryl methyl sites for hydroxylation is 1. The van der Waals surface area contributed by atoms with E-state index < -0.39 is 18.1 Å². The highest BCUT2D eigenvalue weighted by Gasteiger charge is 2.33. The number of nitrogens with one attached hydrogen (secondary N) is 1. The smallest absolute Gasteiger partial charge is 0.328 e. The van der Waals surface area contributed by atoms with Crippen LogP contribution in [-0.4, -0.2) is 38.0 Å². The minimum absolute atomic E-state index is 0.137. The third-order valence-electron chi connectivity index (χ3n) is 6.72. The Hall–Kier alpha value is -2.39. The van der Waals surface area contributed by atoms with Gasteiger partial charge < -0.3 is 15.4 Å². The average Bonchev–Trinajstić information content (AvgIpc) is 3.06. The summed E-state index contributed by atoms with van der Waals surface area (Å²) in [5, 5.41) is 31.3. The number of aliphatic carboxylic acids is 1. The first-order valence-corrected chi connectivity index (χ1v) is 12.6. The Bertz CT molecular complexity index is 1340. The number of hydroxylamine groups is 1. The van der Waals surface area contributed by atoms with Crippen LogP contribution in [0, 0.1) is 6.92 Å². The van der Waals surface area contributed by atoms with Crippen LogP contribution in [0.25, 0.3) is 17.0 Å². The molecule has 0 spiro atoms. The minimum atomic E-state index is -1.37. The first-order valence-electron chi connectivity index (χ1n) is 11.4. The Morgan fingerprint density at radius 2 is 1.86 bits per heavy atom. The summed E-state index contributed by atoms with van der Waals surface area (Å²) in [7, 11) is 0. The van der Waals surface area contributed by atoms with Gasteiger partial charge in [-0.1, -0.05) is 53.4 Å². The van der Waals surface area contributed by atoms with Gasteiger partial charge in [0.25, 0.3) is 0 Å². The van der Waals surface area contributed by atoms with E-state index in [1.807, 2.05) is 18.5 Å². The molecule has 0 unspecified atom stereocenters. The van der Waals surface area contributed by atoms with Gasteiger partial charge in [-0.2, -0.15) is 5.48 Å². The molecule has 4 N–H and O–H groups in total. The van der Waals surface area contributed by atoms with Crippen molar-refractivity contribution in [1.29, 1.82) is 0 Å². The zero-order chi connectivity index (χ0) is 26.1. The number of aliphatic hydroxyl groups is 1. The number of fused-ring (bicyclic) bond motifs is 1. The van der Waals surface area contributed by atoms with Gasteiger partial charge in [0.05, 0.1) is 24.1 Å². The maximum absolute atomic E-state index is 13.7. The Labute approximate surface area is 222 Å². The van der Waals surface area contributed by atoms with Crippen LogP contribution in [0.5, 0.6) is 0 Å². The van der Waals surface area contributed by atoms with Crippen molar-refractivity contribution in [2.75, 3.05) is 0 Å². The van der Waals surface area contributed by atoms with Gasteiger partial charge in [0, 0.05) is 37.8 Å². The number of carboxylic acid groups (broad SMARTS) is 1. The molecule has 1 aliphatic carbocycles. The number of nitrogens with zero attached hydrogens (tertiary/aromatic N) is 1. The fourth-order valence-electron chi connectivity index (χ4n) is 4.90. The number of hydrogen-bond donors (Lipinski definition) is 4. The molecule has 3 aromatic rings. The van der Waals surface area contributed by atoms with E-state index in [9.17, 15) is 19.9 Å². The molecular formula is C26H25Cl3N2O5.